The lowest BCUT2D eigenvalue weighted by Crippen LogP contribution is -2.48. The van der Waals surface area contributed by atoms with Crippen molar-refractivity contribution in [2.75, 3.05) is 43.2 Å². The van der Waals surface area contributed by atoms with Crippen LogP contribution in [0.3, 0.4) is 0 Å². The molecule has 1 spiro atoms. The van der Waals surface area contributed by atoms with Crippen LogP contribution in [0.4, 0.5) is 11.4 Å². The number of amides is 1. The topological polar surface area (TPSA) is 66.7 Å². The van der Waals surface area contributed by atoms with Crippen molar-refractivity contribution in [1.29, 1.82) is 0 Å². The lowest BCUT2D eigenvalue weighted by molar-refractivity contribution is 0.0522. The van der Waals surface area contributed by atoms with Crippen LogP contribution in [0.15, 0.2) is 54.7 Å². The number of hydrogen-bond donors (Lipinski definition) is 0. The highest BCUT2D eigenvalue weighted by Crippen LogP contribution is 2.45. The lowest BCUT2D eigenvalue weighted by atomic mass is 9.78. The van der Waals surface area contributed by atoms with Gasteiger partial charge in [0.25, 0.3) is 5.91 Å². The molecule has 42 heavy (non-hydrogen) atoms. The first-order chi connectivity index (χ1) is 20.3. The quantitative estimate of drug-likeness (QED) is 0.387. The van der Waals surface area contributed by atoms with E-state index in [0.29, 0.717) is 11.9 Å². The molecule has 2 aromatic carbocycles. The number of fused-ring (bicyclic) bond motifs is 1. The smallest absolute Gasteiger partial charge is 0.293 e. The second kappa shape index (κ2) is 10.6. The summed E-state index contributed by atoms with van der Waals surface area (Å²) in [5.41, 5.74) is 6.74. The van der Waals surface area contributed by atoms with Crippen molar-refractivity contribution in [1.82, 2.24) is 19.7 Å². The van der Waals surface area contributed by atoms with Crippen LogP contribution in [0.1, 0.15) is 68.1 Å². The predicted molar refractivity (Wildman–Crippen MR) is 166 cm³/mol. The summed E-state index contributed by atoms with van der Waals surface area (Å²) in [6, 6.07) is 15.5. The zero-order valence-corrected chi connectivity index (χ0v) is 25.2. The van der Waals surface area contributed by atoms with Gasteiger partial charge >= 0.3 is 0 Å². The van der Waals surface area contributed by atoms with Gasteiger partial charge in [-0.05, 0) is 81.7 Å². The van der Waals surface area contributed by atoms with Crippen molar-refractivity contribution in [3.63, 3.8) is 0 Å². The number of ether oxygens (including phenoxy) is 1. The number of rotatable bonds is 4. The van der Waals surface area contributed by atoms with Crippen LogP contribution in [0.2, 0.25) is 0 Å². The van der Waals surface area contributed by atoms with Crippen molar-refractivity contribution < 1.29 is 9.53 Å². The fourth-order valence-electron chi connectivity index (χ4n) is 7.48. The molecule has 0 unspecified atom stereocenters. The van der Waals surface area contributed by atoms with Crippen LogP contribution in [0.5, 0.6) is 0 Å². The summed E-state index contributed by atoms with van der Waals surface area (Å²) >= 11 is 0. The molecular weight excluding hydrogens is 524 g/mol. The minimum Gasteiger partial charge on any atom is -0.381 e. The van der Waals surface area contributed by atoms with E-state index < -0.39 is 0 Å². The first kappa shape index (κ1) is 27.2. The molecule has 1 aromatic heterocycles. The number of benzene rings is 2. The van der Waals surface area contributed by atoms with Crippen LogP contribution >= 0.6 is 0 Å². The van der Waals surface area contributed by atoms with E-state index >= 15 is 0 Å². The van der Waals surface area contributed by atoms with Gasteiger partial charge in [0.05, 0.1) is 29.7 Å². The Labute approximate surface area is 249 Å². The molecule has 8 nitrogen and oxygen atoms in total. The highest BCUT2D eigenvalue weighted by molar-refractivity contribution is 5.91. The maximum Gasteiger partial charge on any atom is 0.293 e. The predicted octanol–water partition coefficient (Wildman–Crippen LogP) is 5.99. The zero-order valence-electron chi connectivity index (χ0n) is 25.2. The van der Waals surface area contributed by atoms with E-state index in [1.807, 2.05) is 9.58 Å². The Bertz CT molecular complexity index is 1490. The third-order valence-corrected chi connectivity index (χ3v) is 10.3. The molecular formula is C34H42N6O2. The average molecular weight is 567 g/mol. The Morgan fingerprint density at radius 3 is 2.45 bits per heavy atom. The van der Waals surface area contributed by atoms with Crippen molar-refractivity contribution >= 4 is 17.3 Å². The van der Waals surface area contributed by atoms with Crippen LogP contribution in [0, 0.1) is 12.3 Å². The SMILES string of the molecule is C=C1[C@@H](C)N(C2CCCC2)c2cc(-c3nc(C(=O)N4CCC5(CCOC5)CC4)nn3-c3ccc(C)cc3)ccc2N1C. The molecule has 0 radical (unpaired) electrons. The van der Waals surface area contributed by atoms with Gasteiger partial charge in [-0.3, -0.25) is 4.79 Å². The Morgan fingerprint density at radius 1 is 1.02 bits per heavy atom. The first-order valence-corrected chi connectivity index (χ1v) is 15.6. The summed E-state index contributed by atoms with van der Waals surface area (Å²) in [5.74, 6) is 0.855. The number of aryl methyl sites for hydroxylation is 1. The summed E-state index contributed by atoms with van der Waals surface area (Å²) in [4.78, 5) is 25.5. The molecule has 1 amide bonds. The molecule has 220 valence electrons. The van der Waals surface area contributed by atoms with Crippen molar-refractivity contribution in [3.05, 3.63) is 66.1 Å². The molecule has 8 heteroatoms. The van der Waals surface area contributed by atoms with E-state index in [-0.39, 0.29) is 23.2 Å². The molecule has 3 aliphatic heterocycles. The average Bonchev–Trinajstić information content (AvgIpc) is 3.79. The fourth-order valence-corrected chi connectivity index (χ4v) is 7.48. The summed E-state index contributed by atoms with van der Waals surface area (Å²) in [6.45, 7) is 11.9. The normalized spacial score (nSPS) is 22.3. The summed E-state index contributed by atoms with van der Waals surface area (Å²) in [7, 11) is 2.11. The lowest BCUT2D eigenvalue weighted by Gasteiger charge is -2.46. The molecule has 4 aliphatic rings. The maximum atomic E-state index is 13.8. The highest BCUT2D eigenvalue weighted by atomic mass is 16.5. The Hall–Kier alpha value is -3.65. The molecule has 2 saturated heterocycles. The molecule has 1 saturated carbocycles. The number of hydrogen-bond acceptors (Lipinski definition) is 6. The van der Waals surface area contributed by atoms with Gasteiger partial charge < -0.3 is 19.4 Å². The van der Waals surface area contributed by atoms with Crippen LogP contribution in [0.25, 0.3) is 17.1 Å². The summed E-state index contributed by atoms with van der Waals surface area (Å²) in [5, 5.41) is 4.85. The number of nitrogens with zero attached hydrogens (tertiary/aromatic N) is 6. The maximum absolute atomic E-state index is 13.8. The minimum absolute atomic E-state index is 0.0916. The Morgan fingerprint density at radius 2 is 1.76 bits per heavy atom. The molecule has 4 heterocycles. The van der Waals surface area contributed by atoms with Crippen LogP contribution in [-0.2, 0) is 4.74 Å². The minimum atomic E-state index is -0.0916. The molecule has 1 aliphatic carbocycles. The van der Waals surface area contributed by atoms with Gasteiger partial charge in [0.2, 0.25) is 5.82 Å². The van der Waals surface area contributed by atoms with E-state index in [1.54, 1.807) is 0 Å². The summed E-state index contributed by atoms with van der Waals surface area (Å²) < 4.78 is 7.55. The number of anilines is 2. The van der Waals surface area contributed by atoms with E-state index in [9.17, 15) is 4.79 Å². The number of likely N-dealkylation sites (N-methyl/N-ethyl adjacent to an activating group) is 1. The van der Waals surface area contributed by atoms with Gasteiger partial charge in [-0.15, -0.1) is 5.10 Å². The zero-order chi connectivity index (χ0) is 29.0. The fraction of sp³-hybridized carbons (Fsp3) is 0.500. The van der Waals surface area contributed by atoms with Gasteiger partial charge in [0.15, 0.2) is 5.82 Å². The van der Waals surface area contributed by atoms with E-state index in [2.05, 4.69) is 79.7 Å². The molecule has 0 bridgehead atoms. The standard InChI is InChI=1S/C34H42N6O2/c1-23-9-12-28(13-10-23)40-32(35-31(36-40)33(41)38-18-15-34(16-19-38)17-20-42-22-34)26-11-14-29-30(21-26)39(27-7-5-6-8-27)25(3)24(2)37(29)4/h9-14,21,25,27H,2,5-8,15-20,22H2,1,3-4H3/t25-/m1/s1. The second-order valence-electron chi connectivity index (χ2n) is 12.9. The largest absolute Gasteiger partial charge is 0.381 e. The van der Waals surface area contributed by atoms with Gasteiger partial charge in [-0.25, -0.2) is 9.67 Å². The number of likely N-dealkylation sites (tertiary alicyclic amines) is 1. The summed E-state index contributed by atoms with van der Waals surface area (Å²) in [6.07, 6.45) is 7.98. The molecule has 1 atom stereocenters. The first-order valence-electron chi connectivity index (χ1n) is 15.6. The molecule has 7 rings (SSSR count). The number of carbonyl (C=O) groups excluding carboxylic acids is 1. The molecule has 3 aromatic rings. The number of aromatic nitrogens is 3. The number of piperidine rings is 1. The highest BCUT2D eigenvalue weighted by Gasteiger charge is 2.40. The number of carbonyl (C=O) groups is 1. The Kier molecular flexibility index (Phi) is 6.84. The van der Waals surface area contributed by atoms with Gasteiger partial charge in [0.1, 0.15) is 0 Å². The van der Waals surface area contributed by atoms with E-state index in [1.165, 1.54) is 36.9 Å². The van der Waals surface area contributed by atoms with Gasteiger partial charge in [-0.1, -0.05) is 37.1 Å². The third kappa shape index (κ3) is 4.60. The third-order valence-electron chi connectivity index (χ3n) is 10.3. The van der Waals surface area contributed by atoms with Crippen molar-refractivity contribution in [2.45, 2.75) is 70.9 Å². The van der Waals surface area contributed by atoms with Crippen LogP contribution in [-0.4, -0.2) is 71.0 Å². The second-order valence-corrected chi connectivity index (χ2v) is 12.9. The van der Waals surface area contributed by atoms with E-state index in [0.717, 1.165) is 68.2 Å². The Balaban J connectivity index is 1.27. The van der Waals surface area contributed by atoms with Gasteiger partial charge in [-0.2, -0.15) is 0 Å². The molecule has 3 fully saturated rings. The van der Waals surface area contributed by atoms with Crippen molar-refractivity contribution in [2.24, 2.45) is 5.41 Å². The molecule has 0 N–H and O–H groups in total. The van der Waals surface area contributed by atoms with Crippen molar-refractivity contribution in [3.8, 4) is 17.1 Å². The monoisotopic (exact) mass is 566 g/mol. The van der Waals surface area contributed by atoms with Crippen LogP contribution < -0.4 is 9.80 Å². The van der Waals surface area contributed by atoms with E-state index in [4.69, 9.17) is 14.8 Å². The van der Waals surface area contributed by atoms with Gasteiger partial charge in [0, 0.05) is 44.0 Å².